The molecule has 108 valence electrons. The van der Waals surface area contributed by atoms with Crippen LogP contribution < -0.4 is 10.6 Å². The fourth-order valence-electron chi connectivity index (χ4n) is 1.56. The number of carbonyl (C=O) groups excluding carboxylic acids is 1. The highest BCUT2D eigenvalue weighted by Crippen LogP contribution is 2.20. The highest BCUT2D eigenvalue weighted by Gasteiger charge is 2.06. The van der Waals surface area contributed by atoms with E-state index in [1.54, 1.807) is 0 Å². The molecule has 0 spiro atoms. The van der Waals surface area contributed by atoms with Gasteiger partial charge in [0, 0.05) is 11.4 Å². The van der Waals surface area contributed by atoms with Crippen LogP contribution in [0.5, 0.6) is 0 Å². The van der Waals surface area contributed by atoms with Crippen LogP contribution in [0.3, 0.4) is 0 Å². The number of hydrogen-bond donors (Lipinski definition) is 3. The molecule has 0 saturated heterocycles. The quantitative estimate of drug-likeness (QED) is 0.782. The number of carboxylic acids is 1. The van der Waals surface area contributed by atoms with Crippen molar-refractivity contribution < 1.29 is 19.1 Å². The zero-order valence-electron chi connectivity index (χ0n) is 10.6. The standard InChI is InChI=1S/C14H10BrFN2O3/c15-11-7-10(5-6-12(11)16)18-14(21)17-9-3-1-8(2-4-9)13(19)20/h1-7H,(H,19,20)(H2,17,18,21). The fraction of sp³-hybridized carbons (Fsp3) is 0. The van der Waals surface area contributed by atoms with Crippen molar-refractivity contribution in [3.8, 4) is 0 Å². The molecule has 2 amide bonds. The second kappa shape index (κ2) is 6.36. The number of amides is 2. The van der Waals surface area contributed by atoms with Gasteiger partial charge in [0.2, 0.25) is 0 Å². The fourth-order valence-corrected chi connectivity index (χ4v) is 1.94. The van der Waals surface area contributed by atoms with Crippen LogP contribution in [-0.2, 0) is 0 Å². The van der Waals surface area contributed by atoms with Crippen molar-refractivity contribution in [3.63, 3.8) is 0 Å². The minimum absolute atomic E-state index is 0.128. The molecule has 0 radical (unpaired) electrons. The second-order valence-corrected chi connectivity index (χ2v) is 4.94. The summed E-state index contributed by atoms with van der Waals surface area (Å²) in [7, 11) is 0. The number of carboxylic acid groups (broad SMARTS) is 1. The molecule has 2 aromatic rings. The van der Waals surface area contributed by atoms with Gasteiger partial charge < -0.3 is 15.7 Å². The van der Waals surface area contributed by atoms with Gasteiger partial charge in [-0.15, -0.1) is 0 Å². The first kappa shape index (κ1) is 15.0. The van der Waals surface area contributed by atoms with Gasteiger partial charge in [0.25, 0.3) is 0 Å². The summed E-state index contributed by atoms with van der Waals surface area (Å²) in [5, 5.41) is 13.8. The van der Waals surface area contributed by atoms with Gasteiger partial charge in [-0.25, -0.2) is 14.0 Å². The predicted molar refractivity (Wildman–Crippen MR) is 80.1 cm³/mol. The number of aromatic carboxylic acids is 1. The Labute approximate surface area is 127 Å². The molecule has 0 fully saturated rings. The van der Waals surface area contributed by atoms with Crippen molar-refractivity contribution in [1.82, 2.24) is 0 Å². The summed E-state index contributed by atoms with van der Waals surface area (Å²) in [6.45, 7) is 0. The van der Waals surface area contributed by atoms with E-state index in [0.717, 1.165) is 0 Å². The van der Waals surface area contributed by atoms with Crippen LogP contribution in [0.25, 0.3) is 0 Å². The first-order valence-electron chi connectivity index (χ1n) is 5.82. The van der Waals surface area contributed by atoms with Crippen LogP contribution in [0, 0.1) is 5.82 Å². The molecular formula is C14H10BrFN2O3. The number of anilines is 2. The minimum atomic E-state index is -1.04. The van der Waals surface area contributed by atoms with E-state index in [0.29, 0.717) is 11.4 Å². The van der Waals surface area contributed by atoms with Crippen molar-refractivity contribution in [2.45, 2.75) is 0 Å². The summed E-state index contributed by atoms with van der Waals surface area (Å²) in [6.07, 6.45) is 0. The number of carbonyl (C=O) groups is 2. The van der Waals surface area contributed by atoms with Crippen molar-refractivity contribution in [2.75, 3.05) is 10.6 Å². The van der Waals surface area contributed by atoms with Gasteiger partial charge >= 0.3 is 12.0 Å². The van der Waals surface area contributed by atoms with E-state index in [1.165, 1.54) is 42.5 Å². The van der Waals surface area contributed by atoms with E-state index in [2.05, 4.69) is 26.6 Å². The molecule has 2 aromatic carbocycles. The van der Waals surface area contributed by atoms with E-state index in [-0.39, 0.29) is 10.0 Å². The molecule has 0 atom stereocenters. The van der Waals surface area contributed by atoms with Gasteiger partial charge in [-0.1, -0.05) is 0 Å². The Morgan fingerprint density at radius 3 is 2.14 bits per heavy atom. The molecule has 21 heavy (non-hydrogen) atoms. The summed E-state index contributed by atoms with van der Waals surface area (Å²) >= 11 is 3.02. The maximum Gasteiger partial charge on any atom is 0.335 e. The molecule has 0 unspecified atom stereocenters. The smallest absolute Gasteiger partial charge is 0.335 e. The highest BCUT2D eigenvalue weighted by atomic mass is 79.9. The first-order chi connectivity index (χ1) is 9.95. The van der Waals surface area contributed by atoms with Gasteiger partial charge in [0.1, 0.15) is 5.82 Å². The lowest BCUT2D eigenvalue weighted by molar-refractivity contribution is 0.0697. The van der Waals surface area contributed by atoms with Crippen LogP contribution in [-0.4, -0.2) is 17.1 Å². The molecule has 0 heterocycles. The number of halogens is 2. The topological polar surface area (TPSA) is 78.4 Å². The Kier molecular flexibility index (Phi) is 4.54. The summed E-state index contributed by atoms with van der Waals surface area (Å²) in [5.41, 5.74) is 0.991. The average Bonchev–Trinajstić information content (AvgIpc) is 2.43. The van der Waals surface area contributed by atoms with E-state index >= 15 is 0 Å². The van der Waals surface area contributed by atoms with Gasteiger partial charge in [0.15, 0.2) is 0 Å². The van der Waals surface area contributed by atoms with E-state index in [1.807, 2.05) is 0 Å². The molecule has 0 aromatic heterocycles. The van der Waals surface area contributed by atoms with E-state index in [4.69, 9.17) is 5.11 Å². The maximum atomic E-state index is 13.1. The lowest BCUT2D eigenvalue weighted by Gasteiger charge is -2.08. The van der Waals surface area contributed by atoms with Crippen molar-refractivity contribution >= 4 is 39.3 Å². The normalized spacial score (nSPS) is 10.0. The number of hydrogen-bond acceptors (Lipinski definition) is 2. The Balaban J connectivity index is 2.01. The Hall–Kier alpha value is -2.41. The summed E-state index contributed by atoms with van der Waals surface area (Å²) in [4.78, 5) is 22.4. The number of rotatable bonds is 3. The van der Waals surface area contributed by atoms with Crippen LogP contribution in [0.15, 0.2) is 46.9 Å². The third kappa shape index (κ3) is 4.03. The molecule has 0 aliphatic heterocycles. The summed E-state index contributed by atoms with van der Waals surface area (Å²) in [6, 6.07) is 9.28. The Morgan fingerprint density at radius 2 is 1.57 bits per heavy atom. The molecule has 3 N–H and O–H groups in total. The maximum absolute atomic E-state index is 13.1. The minimum Gasteiger partial charge on any atom is -0.478 e. The van der Waals surface area contributed by atoms with E-state index < -0.39 is 17.8 Å². The first-order valence-corrected chi connectivity index (χ1v) is 6.61. The Morgan fingerprint density at radius 1 is 1.00 bits per heavy atom. The SMILES string of the molecule is O=C(Nc1ccc(C(=O)O)cc1)Nc1ccc(F)c(Br)c1. The third-order valence-electron chi connectivity index (χ3n) is 2.57. The number of benzene rings is 2. The van der Waals surface area contributed by atoms with E-state index in [9.17, 15) is 14.0 Å². The van der Waals surface area contributed by atoms with Crippen LogP contribution in [0.2, 0.25) is 0 Å². The highest BCUT2D eigenvalue weighted by molar-refractivity contribution is 9.10. The van der Waals surface area contributed by atoms with Gasteiger partial charge in [0.05, 0.1) is 10.0 Å². The molecule has 0 saturated carbocycles. The molecule has 7 heteroatoms. The molecule has 0 aliphatic rings. The van der Waals surface area contributed by atoms with Gasteiger partial charge in [-0.2, -0.15) is 0 Å². The number of urea groups is 1. The van der Waals surface area contributed by atoms with Crippen molar-refractivity contribution in [3.05, 3.63) is 58.3 Å². The summed E-state index contributed by atoms with van der Waals surface area (Å²) in [5.74, 6) is -1.47. The third-order valence-corrected chi connectivity index (χ3v) is 3.17. The second-order valence-electron chi connectivity index (χ2n) is 4.09. The molecule has 5 nitrogen and oxygen atoms in total. The zero-order chi connectivity index (χ0) is 15.4. The van der Waals surface area contributed by atoms with Crippen LogP contribution in [0.1, 0.15) is 10.4 Å². The Bertz CT molecular complexity index is 689. The average molecular weight is 353 g/mol. The zero-order valence-corrected chi connectivity index (χ0v) is 12.1. The lowest BCUT2D eigenvalue weighted by atomic mass is 10.2. The van der Waals surface area contributed by atoms with Crippen LogP contribution in [0.4, 0.5) is 20.6 Å². The summed E-state index contributed by atoms with van der Waals surface area (Å²) < 4.78 is 13.3. The molecular weight excluding hydrogens is 343 g/mol. The molecule has 0 bridgehead atoms. The largest absolute Gasteiger partial charge is 0.478 e. The van der Waals surface area contributed by atoms with Crippen molar-refractivity contribution in [1.29, 1.82) is 0 Å². The molecule has 2 rings (SSSR count). The van der Waals surface area contributed by atoms with Crippen molar-refractivity contribution in [2.24, 2.45) is 0 Å². The van der Waals surface area contributed by atoms with Crippen LogP contribution >= 0.6 is 15.9 Å². The predicted octanol–water partition coefficient (Wildman–Crippen LogP) is 3.93. The van der Waals surface area contributed by atoms with Gasteiger partial charge in [-0.3, -0.25) is 0 Å². The monoisotopic (exact) mass is 352 g/mol. The molecule has 0 aliphatic carbocycles. The lowest BCUT2D eigenvalue weighted by Crippen LogP contribution is -2.19. The van der Waals surface area contributed by atoms with Gasteiger partial charge in [-0.05, 0) is 58.4 Å². The number of nitrogens with one attached hydrogen (secondary N) is 2.